The van der Waals surface area contributed by atoms with Gasteiger partial charge in [-0.1, -0.05) is 26.0 Å². The number of hydrogen-bond donors (Lipinski definition) is 2. The van der Waals surface area contributed by atoms with Gasteiger partial charge in [0.15, 0.2) is 11.5 Å². The Morgan fingerprint density at radius 1 is 1.03 bits per heavy atom. The third kappa shape index (κ3) is 3.59. The second kappa shape index (κ2) is 7.84. The van der Waals surface area contributed by atoms with E-state index in [1.807, 2.05) is 24.4 Å². The molecule has 1 aliphatic carbocycles. The molecule has 5 nitrogen and oxygen atoms in total. The van der Waals surface area contributed by atoms with Crippen LogP contribution < -0.4 is 14.2 Å². The van der Waals surface area contributed by atoms with Crippen molar-refractivity contribution in [3.05, 3.63) is 53.2 Å². The smallest absolute Gasteiger partial charge is 0.165 e. The highest BCUT2D eigenvalue weighted by molar-refractivity contribution is 5.89. The van der Waals surface area contributed by atoms with Crippen LogP contribution in [0, 0.1) is 11.3 Å². The zero-order valence-corrected chi connectivity index (χ0v) is 20.1. The summed E-state index contributed by atoms with van der Waals surface area (Å²) in [5.41, 5.74) is 3.77. The Morgan fingerprint density at radius 2 is 1.73 bits per heavy atom. The molecule has 2 heterocycles. The molecule has 0 bridgehead atoms. The first kappa shape index (κ1) is 21.9. The topological polar surface area (TPSA) is 63.7 Å². The van der Waals surface area contributed by atoms with Crippen molar-refractivity contribution in [1.29, 1.82) is 0 Å². The summed E-state index contributed by atoms with van der Waals surface area (Å²) in [4.78, 5) is 3.26. The molecule has 5 heteroatoms. The van der Waals surface area contributed by atoms with Crippen molar-refractivity contribution >= 4 is 23.1 Å². The Kier molecular flexibility index (Phi) is 5.20. The van der Waals surface area contributed by atoms with Gasteiger partial charge in [-0.15, -0.1) is 0 Å². The molecule has 0 saturated heterocycles. The summed E-state index contributed by atoms with van der Waals surface area (Å²) >= 11 is 0. The molecule has 3 atom stereocenters. The first-order valence-corrected chi connectivity index (χ1v) is 11.7. The van der Waals surface area contributed by atoms with Crippen molar-refractivity contribution in [3.8, 4) is 17.2 Å². The number of H-pyrrole nitrogens is 1. The fourth-order valence-corrected chi connectivity index (χ4v) is 5.85. The van der Waals surface area contributed by atoms with Crippen molar-refractivity contribution in [2.24, 2.45) is 11.3 Å². The monoisotopic (exact) mass is 447 g/mol. The van der Waals surface area contributed by atoms with Crippen LogP contribution in [0.1, 0.15) is 50.3 Å². The van der Waals surface area contributed by atoms with E-state index in [1.54, 1.807) is 14.2 Å². The molecule has 1 aromatic heterocycles. The Bertz CT molecular complexity index is 1220. The Labute approximate surface area is 195 Å². The van der Waals surface area contributed by atoms with Crippen LogP contribution in [0.2, 0.25) is 0 Å². The molecule has 0 amide bonds. The number of aromatic amines is 1. The molecule has 0 unspecified atom stereocenters. The maximum absolute atomic E-state index is 10.7. The number of aromatic nitrogens is 1. The lowest BCUT2D eigenvalue weighted by molar-refractivity contribution is -0.138. The van der Waals surface area contributed by atoms with Crippen molar-refractivity contribution < 1.29 is 19.3 Å². The van der Waals surface area contributed by atoms with Crippen LogP contribution in [0.3, 0.4) is 0 Å². The molecule has 2 aliphatic rings. The Hall–Kier alpha value is -2.92. The predicted molar refractivity (Wildman–Crippen MR) is 132 cm³/mol. The highest BCUT2D eigenvalue weighted by Gasteiger charge is 2.54. The second-order valence-corrected chi connectivity index (χ2v) is 10.3. The molecule has 1 aliphatic heterocycles. The van der Waals surface area contributed by atoms with Gasteiger partial charge in [-0.05, 0) is 78.6 Å². The molecule has 0 spiro atoms. The lowest BCUT2D eigenvalue weighted by Gasteiger charge is -2.55. The first-order valence-electron chi connectivity index (χ1n) is 11.7. The normalized spacial score (nSPS) is 26.0. The average molecular weight is 448 g/mol. The molecule has 0 radical (unpaired) electrons. The summed E-state index contributed by atoms with van der Waals surface area (Å²) in [6.45, 7) is 6.52. The quantitative estimate of drug-likeness (QED) is 0.493. The van der Waals surface area contributed by atoms with E-state index in [0.717, 1.165) is 64.1 Å². The van der Waals surface area contributed by atoms with Crippen LogP contribution >= 0.6 is 0 Å². The molecular formula is C28H33NO4. The molecule has 33 heavy (non-hydrogen) atoms. The average Bonchev–Trinajstić information content (AvgIpc) is 3.27. The number of fused-ring (bicyclic) bond motifs is 3. The van der Waals surface area contributed by atoms with Crippen LogP contribution in [-0.2, 0) is 6.42 Å². The van der Waals surface area contributed by atoms with Crippen molar-refractivity contribution in [1.82, 2.24) is 4.98 Å². The molecule has 5 rings (SSSR count). The summed E-state index contributed by atoms with van der Waals surface area (Å²) in [5, 5.41) is 11.8. The Morgan fingerprint density at radius 3 is 2.45 bits per heavy atom. The van der Waals surface area contributed by atoms with Crippen molar-refractivity contribution in [2.75, 3.05) is 14.2 Å². The number of ether oxygens (including phenoxy) is 3. The van der Waals surface area contributed by atoms with Gasteiger partial charge in [-0.2, -0.15) is 0 Å². The number of benzene rings is 2. The van der Waals surface area contributed by atoms with E-state index >= 15 is 0 Å². The molecule has 1 fully saturated rings. The van der Waals surface area contributed by atoms with E-state index in [9.17, 15) is 5.11 Å². The third-order valence-corrected chi connectivity index (χ3v) is 7.88. The Balaban J connectivity index is 1.51. The van der Waals surface area contributed by atoms with Gasteiger partial charge in [0.25, 0.3) is 0 Å². The van der Waals surface area contributed by atoms with E-state index in [0.29, 0.717) is 0 Å². The zero-order valence-electron chi connectivity index (χ0n) is 20.1. The SMILES string of the molecule is COc1cc(/C=C/c2cc(OC)c3cc[nH]c3c2)cc2c1O[C@]1(C)CC[C@@H](O)C(C)(C)[C@H]1C2. The van der Waals surface area contributed by atoms with E-state index in [1.165, 1.54) is 0 Å². The van der Waals surface area contributed by atoms with Crippen molar-refractivity contribution in [2.45, 2.75) is 51.7 Å². The van der Waals surface area contributed by atoms with Gasteiger partial charge < -0.3 is 24.3 Å². The number of aliphatic hydroxyl groups excluding tert-OH is 1. The predicted octanol–water partition coefficient (Wildman–Crippen LogP) is 5.85. The van der Waals surface area contributed by atoms with E-state index in [4.69, 9.17) is 14.2 Å². The number of hydrogen-bond acceptors (Lipinski definition) is 4. The standard InChI is InChI=1S/C28H33NO4/c1-27(2)24-16-19-12-17(6-7-18-13-21-20(9-11-29-21)22(14-18)31-4)15-23(32-5)26(19)33-28(24,3)10-8-25(27)30/h6-7,9,11-15,24-25,29-30H,8,10,16H2,1-5H3/b7-6+/t24-,25-,28-/m1/s1. The minimum Gasteiger partial charge on any atom is -0.496 e. The van der Waals surface area contributed by atoms with Crippen LogP contribution in [-0.4, -0.2) is 36.0 Å². The van der Waals surface area contributed by atoms with Crippen LogP contribution in [0.25, 0.3) is 23.1 Å². The number of nitrogens with one attached hydrogen (secondary N) is 1. The summed E-state index contributed by atoms with van der Waals surface area (Å²) in [6.07, 6.45) is 8.25. The van der Waals surface area contributed by atoms with E-state index in [2.05, 4.69) is 50.0 Å². The molecule has 2 N–H and O–H groups in total. The molecule has 2 aromatic carbocycles. The van der Waals surface area contributed by atoms with Crippen molar-refractivity contribution in [3.63, 3.8) is 0 Å². The number of rotatable bonds is 4. The van der Waals surface area contributed by atoms with Gasteiger partial charge >= 0.3 is 0 Å². The highest BCUT2D eigenvalue weighted by atomic mass is 16.5. The van der Waals surface area contributed by atoms with Gasteiger partial charge in [0.05, 0.1) is 20.3 Å². The fraction of sp³-hybridized carbons (Fsp3) is 0.429. The van der Waals surface area contributed by atoms with Gasteiger partial charge in [-0.25, -0.2) is 0 Å². The summed E-state index contributed by atoms with van der Waals surface area (Å²) < 4.78 is 18.0. The van der Waals surface area contributed by atoms with E-state index < -0.39 is 0 Å². The number of methoxy groups -OCH3 is 2. The molecule has 1 saturated carbocycles. The van der Waals surface area contributed by atoms with Crippen LogP contribution in [0.4, 0.5) is 0 Å². The van der Waals surface area contributed by atoms with Crippen LogP contribution in [0.5, 0.6) is 17.2 Å². The van der Waals surface area contributed by atoms with Gasteiger partial charge in [-0.3, -0.25) is 0 Å². The van der Waals surface area contributed by atoms with Gasteiger partial charge in [0, 0.05) is 23.0 Å². The molecular weight excluding hydrogens is 414 g/mol. The van der Waals surface area contributed by atoms with E-state index in [-0.39, 0.29) is 23.0 Å². The highest BCUT2D eigenvalue weighted by Crippen LogP contribution is 2.54. The second-order valence-electron chi connectivity index (χ2n) is 10.3. The van der Waals surface area contributed by atoms with Crippen LogP contribution in [0.15, 0.2) is 36.5 Å². The maximum Gasteiger partial charge on any atom is 0.165 e. The minimum absolute atomic E-state index is 0.216. The zero-order chi connectivity index (χ0) is 23.4. The first-order chi connectivity index (χ1) is 15.7. The summed E-state index contributed by atoms with van der Waals surface area (Å²) in [7, 11) is 3.39. The fourth-order valence-electron chi connectivity index (χ4n) is 5.85. The third-order valence-electron chi connectivity index (χ3n) is 7.88. The van der Waals surface area contributed by atoms with Gasteiger partial charge in [0.1, 0.15) is 11.4 Å². The van der Waals surface area contributed by atoms with Gasteiger partial charge in [0.2, 0.25) is 0 Å². The minimum atomic E-state index is -0.316. The number of aliphatic hydroxyl groups is 1. The summed E-state index contributed by atoms with van der Waals surface area (Å²) in [5.74, 6) is 2.68. The maximum atomic E-state index is 10.7. The largest absolute Gasteiger partial charge is 0.496 e. The molecule has 3 aromatic rings. The molecule has 174 valence electrons. The lowest BCUT2D eigenvalue weighted by Crippen LogP contribution is -2.58. The summed E-state index contributed by atoms with van der Waals surface area (Å²) in [6, 6.07) is 10.4. The lowest BCUT2D eigenvalue weighted by atomic mass is 9.57.